The van der Waals surface area contributed by atoms with Gasteiger partial charge in [0.15, 0.2) is 5.78 Å². The van der Waals surface area contributed by atoms with Gasteiger partial charge in [0, 0.05) is 23.3 Å². The molecular formula is C11H13NO3S. The van der Waals surface area contributed by atoms with Gasteiger partial charge in [-0.3, -0.25) is 9.78 Å². The van der Waals surface area contributed by atoms with E-state index in [0.717, 1.165) is 11.5 Å². The second-order valence-electron chi connectivity index (χ2n) is 3.41. The van der Waals surface area contributed by atoms with Crippen molar-refractivity contribution in [3.8, 4) is 5.75 Å². The predicted octanol–water partition coefficient (Wildman–Crippen LogP) is 1.40. The van der Waals surface area contributed by atoms with Crippen molar-refractivity contribution in [2.24, 2.45) is 0 Å². The normalized spacial score (nSPS) is 20.4. The number of carbonyl (C=O) groups is 1. The van der Waals surface area contributed by atoms with Crippen LogP contribution in [0.4, 0.5) is 0 Å². The van der Waals surface area contributed by atoms with Crippen LogP contribution in [0.2, 0.25) is 0 Å². The van der Waals surface area contributed by atoms with Crippen molar-refractivity contribution in [1.82, 2.24) is 4.98 Å². The number of ether oxygens (including phenoxy) is 2. The Hall–Kier alpha value is -1.07. The number of pyridine rings is 1. The summed E-state index contributed by atoms with van der Waals surface area (Å²) in [6, 6.07) is 1.69. The molecule has 1 aliphatic heterocycles. The quantitative estimate of drug-likeness (QED) is 0.746. The zero-order valence-corrected chi connectivity index (χ0v) is 9.83. The van der Waals surface area contributed by atoms with Crippen LogP contribution in [0.1, 0.15) is 10.4 Å². The van der Waals surface area contributed by atoms with Crippen LogP contribution in [0.3, 0.4) is 0 Å². The highest BCUT2D eigenvalue weighted by molar-refractivity contribution is 7.99. The lowest BCUT2D eigenvalue weighted by atomic mass is 10.1. The molecule has 0 aromatic carbocycles. The van der Waals surface area contributed by atoms with Gasteiger partial charge in [-0.2, -0.15) is 11.8 Å². The monoisotopic (exact) mass is 239 g/mol. The number of Topliss-reactive ketones (excluding diaryl/α,β-unsaturated/α-hetero) is 1. The number of ketones is 1. The van der Waals surface area contributed by atoms with Crippen LogP contribution in [0.15, 0.2) is 18.5 Å². The molecule has 2 heterocycles. The third-order valence-electron chi connectivity index (χ3n) is 2.34. The fourth-order valence-corrected chi connectivity index (χ4v) is 2.33. The summed E-state index contributed by atoms with van der Waals surface area (Å²) in [5.74, 6) is 2.25. The molecule has 0 spiro atoms. The van der Waals surface area contributed by atoms with E-state index in [2.05, 4.69) is 4.98 Å². The largest absolute Gasteiger partial charge is 0.495 e. The summed E-state index contributed by atoms with van der Waals surface area (Å²) >= 11 is 1.74. The number of carbonyl (C=O) groups excluding carboxylic acids is 1. The van der Waals surface area contributed by atoms with E-state index < -0.39 is 0 Å². The summed E-state index contributed by atoms with van der Waals surface area (Å²) in [7, 11) is 1.55. The van der Waals surface area contributed by atoms with Crippen LogP contribution in [0.25, 0.3) is 0 Å². The van der Waals surface area contributed by atoms with Crippen LogP contribution in [-0.2, 0) is 4.74 Å². The molecule has 1 aromatic rings. The summed E-state index contributed by atoms with van der Waals surface area (Å²) in [4.78, 5) is 16.0. The van der Waals surface area contributed by atoms with Crippen molar-refractivity contribution >= 4 is 17.5 Å². The summed E-state index contributed by atoms with van der Waals surface area (Å²) in [6.45, 7) is 0.637. The Balaban J connectivity index is 2.12. The number of thioether (sulfide) groups is 1. The Labute approximate surface area is 98.3 Å². The van der Waals surface area contributed by atoms with Gasteiger partial charge >= 0.3 is 0 Å². The zero-order valence-electron chi connectivity index (χ0n) is 9.01. The first-order valence-corrected chi connectivity index (χ1v) is 6.19. The van der Waals surface area contributed by atoms with E-state index in [0.29, 0.717) is 17.9 Å². The Morgan fingerprint density at radius 2 is 2.50 bits per heavy atom. The first-order valence-electron chi connectivity index (χ1n) is 5.04. The van der Waals surface area contributed by atoms with Crippen molar-refractivity contribution in [3.63, 3.8) is 0 Å². The van der Waals surface area contributed by atoms with Gasteiger partial charge in [-0.15, -0.1) is 0 Å². The highest BCUT2D eigenvalue weighted by Gasteiger charge is 2.24. The predicted molar refractivity (Wildman–Crippen MR) is 62.2 cm³/mol. The second-order valence-corrected chi connectivity index (χ2v) is 4.56. The third-order valence-corrected chi connectivity index (χ3v) is 3.34. The molecule has 4 nitrogen and oxygen atoms in total. The third kappa shape index (κ3) is 2.54. The number of hydrogen-bond acceptors (Lipinski definition) is 5. The SMILES string of the molecule is COc1cncc(C(=O)C2CSCCO2)c1. The van der Waals surface area contributed by atoms with Gasteiger partial charge in [0.2, 0.25) is 0 Å². The average Bonchev–Trinajstić information content (AvgIpc) is 2.39. The van der Waals surface area contributed by atoms with Crippen molar-refractivity contribution in [3.05, 3.63) is 24.0 Å². The van der Waals surface area contributed by atoms with E-state index in [9.17, 15) is 4.79 Å². The van der Waals surface area contributed by atoms with Gasteiger partial charge in [0.1, 0.15) is 11.9 Å². The van der Waals surface area contributed by atoms with E-state index in [4.69, 9.17) is 9.47 Å². The molecule has 1 fully saturated rings. The molecule has 16 heavy (non-hydrogen) atoms. The Kier molecular flexibility index (Phi) is 3.79. The molecule has 0 radical (unpaired) electrons. The number of rotatable bonds is 3. The Morgan fingerprint density at radius 3 is 3.19 bits per heavy atom. The lowest BCUT2D eigenvalue weighted by Crippen LogP contribution is -2.31. The van der Waals surface area contributed by atoms with Crippen molar-refractivity contribution in [2.45, 2.75) is 6.10 Å². The topological polar surface area (TPSA) is 48.4 Å². The number of methoxy groups -OCH3 is 1. The fraction of sp³-hybridized carbons (Fsp3) is 0.455. The summed E-state index contributed by atoms with van der Waals surface area (Å²) < 4.78 is 10.5. The number of aromatic nitrogens is 1. The highest BCUT2D eigenvalue weighted by Crippen LogP contribution is 2.18. The molecule has 1 aromatic heterocycles. The molecule has 0 saturated carbocycles. The Morgan fingerprint density at radius 1 is 1.62 bits per heavy atom. The molecule has 86 valence electrons. The molecule has 0 bridgehead atoms. The lowest BCUT2D eigenvalue weighted by molar-refractivity contribution is 0.0518. The molecule has 1 saturated heterocycles. The lowest BCUT2D eigenvalue weighted by Gasteiger charge is -2.20. The van der Waals surface area contributed by atoms with E-state index >= 15 is 0 Å². The maximum atomic E-state index is 12.0. The smallest absolute Gasteiger partial charge is 0.194 e. The van der Waals surface area contributed by atoms with E-state index in [1.807, 2.05) is 0 Å². The first kappa shape index (κ1) is 11.4. The second kappa shape index (κ2) is 5.32. The Bertz CT molecular complexity index is 377. The van der Waals surface area contributed by atoms with Crippen LogP contribution < -0.4 is 4.74 Å². The van der Waals surface area contributed by atoms with Crippen molar-refractivity contribution in [1.29, 1.82) is 0 Å². The van der Waals surface area contributed by atoms with Gasteiger partial charge in [0.25, 0.3) is 0 Å². The van der Waals surface area contributed by atoms with Gasteiger partial charge in [-0.05, 0) is 6.07 Å². The molecule has 1 unspecified atom stereocenters. The van der Waals surface area contributed by atoms with Crippen molar-refractivity contribution < 1.29 is 14.3 Å². The van der Waals surface area contributed by atoms with Crippen LogP contribution in [0.5, 0.6) is 5.75 Å². The zero-order chi connectivity index (χ0) is 11.4. The molecule has 0 amide bonds. The number of nitrogens with zero attached hydrogens (tertiary/aromatic N) is 1. The maximum absolute atomic E-state index is 12.0. The minimum absolute atomic E-state index is 0.0152. The van der Waals surface area contributed by atoms with Crippen LogP contribution in [0, 0.1) is 0 Å². The molecule has 0 aliphatic carbocycles. The maximum Gasteiger partial charge on any atom is 0.194 e. The molecule has 2 rings (SSSR count). The van der Waals surface area contributed by atoms with Crippen LogP contribution >= 0.6 is 11.8 Å². The van der Waals surface area contributed by atoms with Gasteiger partial charge in [0.05, 0.1) is 19.9 Å². The summed E-state index contributed by atoms with van der Waals surface area (Å²) in [6.07, 6.45) is 2.79. The van der Waals surface area contributed by atoms with E-state index in [-0.39, 0.29) is 11.9 Å². The van der Waals surface area contributed by atoms with Gasteiger partial charge < -0.3 is 9.47 Å². The first-order chi connectivity index (χ1) is 7.81. The summed E-state index contributed by atoms with van der Waals surface area (Å²) in [5.41, 5.74) is 0.548. The van der Waals surface area contributed by atoms with Crippen molar-refractivity contribution in [2.75, 3.05) is 25.2 Å². The summed E-state index contributed by atoms with van der Waals surface area (Å²) in [5, 5.41) is 0. The molecule has 1 aliphatic rings. The van der Waals surface area contributed by atoms with Crippen LogP contribution in [-0.4, -0.2) is 42.1 Å². The molecular weight excluding hydrogens is 226 g/mol. The fourth-order valence-electron chi connectivity index (χ4n) is 1.49. The number of hydrogen-bond donors (Lipinski definition) is 0. The standard InChI is InChI=1S/C11H13NO3S/c1-14-9-4-8(5-12-6-9)11(13)10-7-16-3-2-15-10/h4-6,10H,2-3,7H2,1H3. The minimum atomic E-state index is -0.340. The molecule has 1 atom stereocenters. The van der Waals surface area contributed by atoms with E-state index in [1.165, 1.54) is 0 Å². The minimum Gasteiger partial charge on any atom is -0.495 e. The van der Waals surface area contributed by atoms with E-state index in [1.54, 1.807) is 37.3 Å². The molecule has 0 N–H and O–H groups in total. The highest BCUT2D eigenvalue weighted by atomic mass is 32.2. The average molecular weight is 239 g/mol. The molecule has 5 heteroatoms. The van der Waals surface area contributed by atoms with Gasteiger partial charge in [-0.25, -0.2) is 0 Å². The van der Waals surface area contributed by atoms with Gasteiger partial charge in [-0.1, -0.05) is 0 Å².